The first-order valence-electron chi connectivity index (χ1n) is 5.06. The molecule has 0 saturated carbocycles. The Morgan fingerprint density at radius 2 is 2.44 bits per heavy atom. The number of nitrogens with one attached hydrogen (secondary N) is 1. The average molecular weight is 245 g/mol. The molecule has 0 saturated heterocycles. The van der Waals surface area contributed by atoms with Crippen LogP contribution in [0.1, 0.15) is 20.3 Å². The van der Waals surface area contributed by atoms with E-state index in [4.69, 9.17) is 4.74 Å². The van der Waals surface area contributed by atoms with E-state index in [1.54, 1.807) is 0 Å². The van der Waals surface area contributed by atoms with E-state index in [0.717, 1.165) is 24.3 Å². The summed E-state index contributed by atoms with van der Waals surface area (Å²) in [5.41, 5.74) is 0. The van der Waals surface area contributed by atoms with E-state index < -0.39 is 4.92 Å². The SMILES string of the molecule is CC(C)NCCCOc1ncc([N+](=O)[O-])s1. The Morgan fingerprint density at radius 3 is 3.00 bits per heavy atom. The summed E-state index contributed by atoms with van der Waals surface area (Å²) in [5, 5.41) is 14.0. The second kappa shape index (κ2) is 6.39. The summed E-state index contributed by atoms with van der Waals surface area (Å²) in [6.07, 6.45) is 2.07. The van der Waals surface area contributed by atoms with E-state index in [1.807, 2.05) is 0 Å². The first kappa shape index (κ1) is 12.9. The number of aromatic nitrogens is 1. The molecule has 1 rings (SSSR count). The van der Waals surface area contributed by atoms with Crippen molar-refractivity contribution in [3.63, 3.8) is 0 Å². The second-order valence-corrected chi connectivity index (χ2v) is 4.50. The molecular weight excluding hydrogens is 230 g/mol. The fourth-order valence-corrected chi connectivity index (χ4v) is 1.63. The van der Waals surface area contributed by atoms with Crippen LogP contribution < -0.4 is 10.1 Å². The summed E-state index contributed by atoms with van der Waals surface area (Å²) in [6, 6.07) is 0.459. The van der Waals surface area contributed by atoms with Crippen molar-refractivity contribution in [2.45, 2.75) is 26.3 Å². The summed E-state index contributed by atoms with van der Waals surface area (Å²) in [4.78, 5) is 13.7. The molecule has 0 radical (unpaired) electrons. The zero-order valence-corrected chi connectivity index (χ0v) is 10.1. The molecule has 0 fully saturated rings. The van der Waals surface area contributed by atoms with Crippen LogP contribution in [-0.4, -0.2) is 29.1 Å². The maximum atomic E-state index is 10.4. The molecule has 0 atom stereocenters. The van der Waals surface area contributed by atoms with Crippen LogP contribution in [0.4, 0.5) is 5.00 Å². The van der Waals surface area contributed by atoms with Crippen molar-refractivity contribution in [1.82, 2.24) is 10.3 Å². The van der Waals surface area contributed by atoms with Gasteiger partial charge in [-0.1, -0.05) is 13.8 Å². The van der Waals surface area contributed by atoms with Gasteiger partial charge in [-0.3, -0.25) is 10.1 Å². The fourth-order valence-electron chi connectivity index (χ4n) is 1.02. The molecule has 0 aliphatic heterocycles. The third kappa shape index (κ3) is 4.54. The Balaban J connectivity index is 2.19. The topological polar surface area (TPSA) is 77.3 Å². The van der Waals surface area contributed by atoms with Crippen molar-refractivity contribution in [2.24, 2.45) is 0 Å². The fraction of sp³-hybridized carbons (Fsp3) is 0.667. The van der Waals surface area contributed by atoms with Crippen LogP contribution in [-0.2, 0) is 0 Å². The van der Waals surface area contributed by atoms with E-state index in [2.05, 4.69) is 24.1 Å². The Morgan fingerprint density at radius 1 is 1.69 bits per heavy atom. The minimum Gasteiger partial charge on any atom is -0.470 e. The van der Waals surface area contributed by atoms with Gasteiger partial charge in [0.15, 0.2) is 0 Å². The molecule has 0 amide bonds. The second-order valence-electron chi connectivity index (χ2n) is 3.53. The molecule has 6 nitrogen and oxygen atoms in total. The van der Waals surface area contributed by atoms with Gasteiger partial charge in [-0.05, 0) is 24.3 Å². The Bertz CT molecular complexity index is 340. The molecule has 1 aromatic heterocycles. The van der Waals surface area contributed by atoms with Crippen molar-refractivity contribution in [3.05, 3.63) is 16.3 Å². The van der Waals surface area contributed by atoms with Gasteiger partial charge in [0.1, 0.15) is 6.20 Å². The van der Waals surface area contributed by atoms with Gasteiger partial charge in [0, 0.05) is 6.04 Å². The molecule has 1 N–H and O–H groups in total. The zero-order valence-electron chi connectivity index (χ0n) is 9.30. The first-order chi connectivity index (χ1) is 7.59. The van der Waals surface area contributed by atoms with E-state index in [1.165, 1.54) is 6.20 Å². The Labute approximate surface area is 97.8 Å². The predicted octanol–water partition coefficient (Wildman–Crippen LogP) is 1.82. The number of nitrogens with zero attached hydrogens (tertiary/aromatic N) is 2. The third-order valence-electron chi connectivity index (χ3n) is 1.75. The maximum absolute atomic E-state index is 10.4. The van der Waals surface area contributed by atoms with Gasteiger partial charge in [0.2, 0.25) is 0 Å². The highest BCUT2D eigenvalue weighted by atomic mass is 32.1. The molecule has 1 aromatic rings. The molecule has 0 aliphatic rings. The van der Waals surface area contributed by atoms with Gasteiger partial charge >= 0.3 is 5.00 Å². The zero-order chi connectivity index (χ0) is 12.0. The van der Waals surface area contributed by atoms with Gasteiger partial charge in [0.25, 0.3) is 5.19 Å². The standard InChI is InChI=1S/C9H15N3O3S/c1-7(2)10-4-3-5-15-9-11-6-8(16-9)12(13)14/h6-7,10H,3-5H2,1-2H3. The van der Waals surface area contributed by atoms with E-state index in [-0.39, 0.29) is 5.00 Å². The number of ether oxygens (including phenoxy) is 1. The molecule has 0 bridgehead atoms. The lowest BCUT2D eigenvalue weighted by Gasteiger charge is -2.07. The average Bonchev–Trinajstić information content (AvgIpc) is 2.65. The Kier molecular flexibility index (Phi) is 5.13. The maximum Gasteiger partial charge on any atom is 0.347 e. The van der Waals surface area contributed by atoms with Crippen LogP contribution in [0.5, 0.6) is 5.19 Å². The summed E-state index contributed by atoms with van der Waals surface area (Å²) in [7, 11) is 0. The molecule has 0 unspecified atom stereocenters. The van der Waals surface area contributed by atoms with Gasteiger partial charge in [-0.2, -0.15) is 0 Å². The van der Waals surface area contributed by atoms with E-state index in [0.29, 0.717) is 17.8 Å². The monoisotopic (exact) mass is 245 g/mol. The van der Waals surface area contributed by atoms with Crippen LogP contribution in [0.2, 0.25) is 0 Å². The van der Waals surface area contributed by atoms with Crippen molar-refractivity contribution in [1.29, 1.82) is 0 Å². The minimum atomic E-state index is -0.467. The Hall–Kier alpha value is -1.21. The number of thiazole rings is 1. The quantitative estimate of drug-likeness (QED) is 0.450. The lowest BCUT2D eigenvalue weighted by atomic mass is 10.3. The largest absolute Gasteiger partial charge is 0.470 e. The first-order valence-corrected chi connectivity index (χ1v) is 5.87. The summed E-state index contributed by atoms with van der Waals surface area (Å²) in [6.45, 7) is 5.53. The van der Waals surface area contributed by atoms with Gasteiger partial charge in [0.05, 0.1) is 11.5 Å². The van der Waals surface area contributed by atoms with Crippen molar-refractivity contribution in [2.75, 3.05) is 13.2 Å². The smallest absolute Gasteiger partial charge is 0.347 e. The van der Waals surface area contributed by atoms with Crippen LogP contribution in [0.15, 0.2) is 6.20 Å². The summed E-state index contributed by atoms with van der Waals surface area (Å²) in [5.74, 6) is 0. The molecule has 7 heteroatoms. The summed E-state index contributed by atoms with van der Waals surface area (Å²) < 4.78 is 5.28. The molecule has 16 heavy (non-hydrogen) atoms. The summed E-state index contributed by atoms with van der Waals surface area (Å²) >= 11 is 0.952. The highest BCUT2D eigenvalue weighted by Crippen LogP contribution is 2.26. The van der Waals surface area contributed by atoms with Crippen molar-refractivity contribution in [3.8, 4) is 5.19 Å². The van der Waals surface area contributed by atoms with Gasteiger partial charge in [-0.25, -0.2) is 4.98 Å². The number of nitro groups is 1. The lowest BCUT2D eigenvalue weighted by Crippen LogP contribution is -2.24. The molecule has 0 aliphatic carbocycles. The molecular formula is C9H15N3O3S. The molecule has 90 valence electrons. The van der Waals surface area contributed by atoms with Crippen LogP contribution in [0, 0.1) is 10.1 Å². The van der Waals surface area contributed by atoms with Crippen LogP contribution >= 0.6 is 11.3 Å². The lowest BCUT2D eigenvalue weighted by molar-refractivity contribution is -0.380. The number of rotatable bonds is 7. The third-order valence-corrected chi connectivity index (χ3v) is 2.61. The highest BCUT2D eigenvalue weighted by molar-refractivity contribution is 7.16. The van der Waals surface area contributed by atoms with E-state index in [9.17, 15) is 10.1 Å². The molecule has 1 heterocycles. The van der Waals surface area contributed by atoms with Crippen molar-refractivity contribution < 1.29 is 9.66 Å². The van der Waals surface area contributed by atoms with Crippen LogP contribution in [0.25, 0.3) is 0 Å². The highest BCUT2D eigenvalue weighted by Gasteiger charge is 2.11. The minimum absolute atomic E-state index is 0.00954. The number of hydrogen-bond donors (Lipinski definition) is 1. The normalized spacial score (nSPS) is 10.7. The van der Waals surface area contributed by atoms with Crippen LogP contribution in [0.3, 0.4) is 0 Å². The predicted molar refractivity (Wildman–Crippen MR) is 62.0 cm³/mol. The van der Waals surface area contributed by atoms with E-state index >= 15 is 0 Å². The molecule has 0 spiro atoms. The number of hydrogen-bond acceptors (Lipinski definition) is 6. The van der Waals surface area contributed by atoms with Gasteiger partial charge in [-0.15, -0.1) is 0 Å². The van der Waals surface area contributed by atoms with Crippen molar-refractivity contribution >= 4 is 16.3 Å². The van der Waals surface area contributed by atoms with Gasteiger partial charge < -0.3 is 10.1 Å². The molecule has 0 aromatic carbocycles.